The summed E-state index contributed by atoms with van der Waals surface area (Å²) in [6, 6.07) is 7.85. The Morgan fingerprint density at radius 2 is 1.16 bits per heavy atom. The lowest BCUT2D eigenvalue weighted by molar-refractivity contribution is 0.0652. The molecule has 0 unspecified atom stereocenters. The van der Waals surface area contributed by atoms with Gasteiger partial charge in [0, 0.05) is 10.1 Å². The molecule has 1 aliphatic heterocycles. The minimum absolute atomic E-state index is 0.0833. The number of rotatable bonds is 2. The minimum atomic E-state index is -2.69. The van der Waals surface area contributed by atoms with E-state index in [4.69, 9.17) is 17.7 Å². The Balaban J connectivity index is 2.07. The molecule has 2 aromatic rings. The van der Waals surface area contributed by atoms with E-state index in [1.165, 1.54) is 0 Å². The first-order valence-electron chi connectivity index (χ1n) is 9.06. The van der Waals surface area contributed by atoms with Crippen LogP contribution >= 0.6 is 0 Å². The summed E-state index contributed by atoms with van der Waals surface area (Å²) in [4.78, 5) is 0. The van der Waals surface area contributed by atoms with Gasteiger partial charge in [-0.05, 0) is 37.1 Å². The average Bonchev–Trinajstić information content (AvgIpc) is 3.16. The van der Waals surface area contributed by atoms with Crippen molar-refractivity contribution in [2.45, 2.75) is 76.7 Å². The van der Waals surface area contributed by atoms with E-state index in [0.717, 1.165) is 24.4 Å². The van der Waals surface area contributed by atoms with Gasteiger partial charge in [0.2, 0.25) is 0 Å². The van der Waals surface area contributed by atoms with Crippen LogP contribution in [0.1, 0.15) is 78.1 Å². The van der Waals surface area contributed by atoms with E-state index >= 15 is 0 Å². The summed E-state index contributed by atoms with van der Waals surface area (Å²) in [6.45, 7) is 13.4. The van der Waals surface area contributed by atoms with Crippen LogP contribution in [-0.4, -0.2) is 8.56 Å². The second-order valence-electron chi connectivity index (χ2n) is 8.94. The van der Waals surface area contributed by atoms with Crippen LogP contribution in [0.3, 0.4) is 0 Å². The molecule has 0 spiro atoms. The second kappa shape index (κ2) is 6.45. The summed E-state index contributed by atoms with van der Waals surface area (Å²) in [7, 11) is -2.69. The van der Waals surface area contributed by atoms with Crippen LogP contribution in [0.5, 0.6) is 0 Å². The molecule has 0 aliphatic carbocycles. The molecule has 2 aromatic heterocycles. The van der Waals surface area contributed by atoms with E-state index in [-0.39, 0.29) is 22.3 Å². The maximum Gasteiger partial charge on any atom is 0.350 e. The maximum absolute atomic E-state index is 6.88. The molecule has 1 fully saturated rings. The van der Waals surface area contributed by atoms with Crippen LogP contribution in [0.2, 0.25) is 10.1 Å². The lowest BCUT2D eigenvalue weighted by Gasteiger charge is -2.50. The van der Waals surface area contributed by atoms with Crippen molar-refractivity contribution in [3.63, 3.8) is 0 Å². The first-order chi connectivity index (χ1) is 11.6. The Labute approximate surface area is 151 Å². The highest BCUT2D eigenvalue weighted by atomic mass is 28.4. The molecule has 2 atom stereocenters. The van der Waals surface area contributed by atoms with Gasteiger partial charge in [-0.3, -0.25) is 0 Å². The smallest absolute Gasteiger partial charge is 0.350 e. The van der Waals surface area contributed by atoms with Crippen LogP contribution in [0, 0.1) is 0 Å². The SMILES string of the molecule is CC(C)(C)[Si]1(C(C)(C)C)O[C@H](c2ccco2)CC[C@@H](c2ccco2)O1. The minimum Gasteiger partial charge on any atom is -0.467 e. The highest BCUT2D eigenvalue weighted by Gasteiger charge is 2.61. The fraction of sp³-hybridized carbons (Fsp3) is 0.600. The number of furan rings is 2. The summed E-state index contributed by atoms with van der Waals surface area (Å²) in [5.74, 6) is 1.77. The van der Waals surface area contributed by atoms with Gasteiger partial charge in [-0.15, -0.1) is 0 Å². The molecule has 1 saturated heterocycles. The van der Waals surface area contributed by atoms with Crippen molar-refractivity contribution in [2.24, 2.45) is 0 Å². The van der Waals surface area contributed by atoms with Gasteiger partial charge in [-0.1, -0.05) is 41.5 Å². The number of hydrogen-bond donors (Lipinski definition) is 0. The van der Waals surface area contributed by atoms with Gasteiger partial charge < -0.3 is 17.7 Å². The van der Waals surface area contributed by atoms with Gasteiger partial charge >= 0.3 is 8.56 Å². The van der Waals surface area contributed by atoms with Crippen LogP contribution in [0.25, 0.3) is 0 Å². The van der Waals surface area contributed by atoms with Gasteiger partial charge in [-0.2, -0.15) is 0 Å². The molecule has 0 radical (unpaired) electrons. The molecule has 0 aromatic carbocycles. The summed E-state index contributed by atoms with van der Waals surface area (Å²) in [5, 5.41) is -0.212. The molecular formula is C20H30O4Si. The second-order valence-corrected chi connectivity index (χ2v) is 13.6. The molecule has 138 valence electrons. The zero-order chi connectivity index (χ0) is 18.3. The fourth-order valence-corrected chi connectivity index (χ4v) is 9.02. The predicted molar refractivity (Wildman–Crippen MR) is 99.5 cm³/mol. The third-order valence-corrected chi connectivity index (χ3v) is 10.2. The van der Waals surface area contributed by atoms with Crippen LogP contribution < -0.4 is 0 Å². The largest absolute Gasteiger partial charge is 0.467 e. The molecule has 3 rings (SSSR count). The lowest BCUT2D eigenvalue weighted by Crippen LogP contribution is -2.57. The van der Waals surface area contributed by atoms with Gasteiger partial charge in [-0.25, -0.2) is 0 Å². The lowest BCUT2D eigenvalue weighted by atomic mass is 10.1. The van der Waals surface area contributed by atoms with Gasteiger partial charge in [0.25, 0.3) is 0 Å². The normalized spacial score (nSPS) is 24.9. The van der Waals surface area contributed by atoms with Crippen LogP contribution in [0.4, 0.5) is 0 Å². The van der Waals surface area contributed by atoms with Crippen molar-refractivity contribution in [1.82, 2.24) is 0 Å². The van der Waals surface area contributed by atoms with Crippen molar-refractivity contribution in [3.05, 3.63) is 48.3 Å². The van der Waals surface area contributed by atoms with E-state index in [1.54, 1.807) is 12.5 Å². The summed E-state index contributed by atoms with van der Waals surface area (Å²) < 4.78 is 25.1. The molecule has 3 heterocycles. The highest BCUT2D eigenvalue weighted by Crippen LogP contribution is 2.57. The molecule has 0 saturated carbocycles. The summed E-state index contributed by atoms with van der Waals surface area (Å²) in [5.41, 5.74) is 0. The van der Waals surface area contributed by atoms with E-state index in [0.29, 0.717) is 0 Å². The Morgan fingerprint density at radius 1 is 0.760 bits per heavy atom. The highest BCUT2D eigenvalue weighted by molar-refractivity contribution is 6.73. The quantitative estimate of drug-likeness (QED) is 0.570. The first-order valence-corrected chi connectivity index (χ1v) is 10.9. The maximum atomic E-state index is 6.88. The summed E-state index contributed by atoms with van der Waals surface area (Å²) >= 11 is 0. The molecule has 4 nitrogen and oxygen atoms in total. The van der Waals surface area contributed by atoms with Crippen molar-refractivity contribution < 1.29 is 17.7 Å². The number of hydrogen-bond acceptors (Lipinski definition) is 4. The van der Waals surface area contributed by atoms with Crippen molar-refractivity contribution >= 4 is 8.56 Å². The standard InChI is InChI=1S/C20H30O4Si/c1-19(2,3)25(20(4,5)6)23-17(15-9-7-13-21-15)11-12-18(24-25)16-10-8-14-22-16/h7-10,13-14,17-18H,11-12H2,1-6H3/t17-,18-/m0/s1. The molecule has 0 bridgehead atoms. The average molecular weight is 363 g/mol. The van der Waals surface area contributed by atoms with E-state index < -0.39 is 8.56 Å². The molecule has 25 heavy (non-hydrogen) atoms. The van der Waals surface area contributed by atoms with Crippen LogP contribution in [-0.2, 0) is 8.85 Å². The van der Waals surface area contributed by atoms with E-state index in [1.807, 2.05) is 24.3 Å². The van der Waals surface area contributed by atoms with E-state index in [2.05, 4.69) is 41.5 Å². The Morgan fingerprint density at radius 3 is 1.44 bits per heavy atom. The third kappa shape index (κ3) is 3.37. The monoisotopic (exact) mass is 362 g/mol. The third-order valence-electron chi connectivity index (χ3n) is 5.00. The molecule has 5 heteroatoms. The van der Waals surface area contributed by atoms with Crippen molar-refractivity contribution in [1.29, 1.82) is 0 Å². The van der Waals surface area contributed by atoms with Gasteiger partial charge in [0.15, 0.2) is 0 Å². The Bertz CT molecular complexity index is 601. The zero-order valence-corrected chi connectivity index (χ0v) is 17.2. The Hall–Kier alpha value is -1.30. The summed E-state index contributed by atoms with van der Waals surface area (Å²) in [6.07, 6.45) is 4.96. The Kier molecular flexibility index (Phi) is 4.77. The van der Waals surface area contributed by atoms with Crippen molar-refractivity contribution in [2.75, 3.05) is 0 Å². The molecule has 0 amide bonds. The first kappa shape index (κ1) is 18.5. The van der Waals surface area contributed by atoms with Gasteiger partial charge in [0.1, 0.15) is 23.7 Å². The fourth-order valence-electron chi connectivity index (χ4n) is 4.03. The van der Waals surface area contributed by atoms with Crippen LogP contribution in [0.15, 0.2) is 45.6 Å². The zero-order valence-electron chi connectivity index (χ0n) is 16.2. The molecule has 0 N–H and O–H groups in total. The molecular weight excluding hydrogens is 332 g/mol. The molecule has 1 aliphatic rings. The topological polar surface area (TPSA) is 44.7 Å². The predicted octanol–water partition coefficient (Wildman–Crippen LogP) is 6.52. The van der Waals surface area contributed by atoms with Gasteiger partial charge in [0.05, 0.1) is 12.5 Å². The van der Waals surface area contributed by atoms with E-state index in [9.17, 15) is 0 Å². The van der Waals surface area contributed by atoms with Crippen molar-refractivity contribution in [3.8, 4) is 0 Å².